The van der Waals surface area contributed by atoms with Crippen molar-refractivity contribution in [1.29, 1.82) is 0 Å². The molecule has 15 heteroatoms. The molecule has 0 bridgehead atoms. The molecule has 3 fully saturated rings. The summed E-state index contributed by atoms with van der Waals surface area (Å²) in [6, 6.07) is 3.37. The van der Waals surface area contributed by atoms with Gasteiger partial charge in [-0.25, -0.2) is 17.8 Å². The molecule has 0 spiro atoms. The number of amides is 3. The first-order valence-electron chi connectivity index (χ1n) is 18.5. The number of carbonyl (C=O) groups excluding carboxylic acids is 3. The van der Waals surface area contributed by atoms with Crippen molar-refractivity contribution in [1.82, 2.24) is 25.5 Å². The fourth-order valence-corrected chi connectivity index (χ4v) is 8.92. The lowest BCUT2D eigenvalue weighted by atomic mass is 9.82. The fourth-order valence-electron chi connectivity index (χ4n) is 7.30. The van der Waals surface area contributed by atoms with Crippen LogP contribution < -0.4 is 10.6 Å². The molecule has 1 aromatic heterocycles. The van der Waals surface area contributed by atoms with Gasteiger partial charge in [0.25, 0.3) is 0 Å². The number of aromatic amines is 1. The Hall–Kier alpha value is -3.40. The first-order valence-corrected chi connectivity index (χ1v) is 20.2. The van der Waals surface area contributed by atoms with Crippen molar-refractivity contribution in [3.63, 3.8) is 0 Å². The molecule has 2 aromatic rings. The minimum absolute atomic E-state index is 0.0218. The summed E-state index contributed by atoms with van der Waals surface area (Å²) < 4.78 is 45.3. The summed E-state index contributed by atoms with van der Waals surface area (Å²) in [5.74, 6) is -4.18. The molecule has 2 heterocycles. The molecule has 2 saturated carbocycles. The summed E-state index contributed by atoms with van der Waals surface area (Å²) in [5, 5.41) is 27.9. The summed E-state index contributed by atoms with van der Waals surface area (Å²) in [6.45, 7) is 3.72. The van der Waals surface area contributed by atoms with Crippen LogP contribution in [0.15, 0.2) is 36.8 Å². The number of ether oxygens (including phenoxy) is 1. The second-order valence-corrected chi connectivity index (χ2v) is 17.8. The van der Waals surface area contributed by atoms with E-state index in [0.29, 0.717) is 17.7 Å². The zero-order chi connectivity index (χ0) is 37.5. The number of aliphatic hydroxyl groups excluding tert-OH is 2. The van der Waals surface area contributed by atoms with Gasteiger partial charge in [-0.2, -0.15) is 0 Å². The monoisotopic (exact) mass is 747 g/mol. The van der Waals surface area contributed by atoms with Crippen LogP contribution in [0, 0.1) is 23.6 Å². The molecule has 3 aliphatic rings. The number of sulfone groups is 1. The van der Waals surface area contributed by atoms with E-state index in [-0.39, 0.29) is 51.0 Å². The molecule has 288 valence electrons. The third kappa shape index (κ3) is 10.4. The minimum atomic E-state index is -4.29. The van der Waals surface area contributed by atoms with Gasteiger partial charge in [0.2, 0.25) is 17.7 Å². The first kappa shape index (κ1) is 39.8. The SMILES string of the molecule is CC(C)(C(=O)N1CCOCC1)S(=O)(=O)C[C@@H](Cc1ccc(F)cc1)C(=O)N[C@@H](Cc1cnc[nH]1)C(=O)N[C@@H](CC1CCCCC1)[C@@H](O)[C@@H](O)C1CC1. The average Bonchev–Trinajstić information content (AvgIpc) is 3.86. The Morgan fingerprint density at radius 3 is 2.29 bits per heavy atom. The van der Waals surface area contributed by atoms with E-state index < -0.39 is 74.1 Å². The van der Waals surface area contributed by atoms with Crippen LogP contribution >= 0.6 is 0 Å². The predicted octanol–water partition coefficient (Wildman–Crippen LogP) is 2.07. The van der Waals surface area contributed by atoms with Crippen molar-refractivity contribution < 1.29 is 42.1 Å². The fraction of sp³-hybridized carbons (Fsp3) is 0.676. The third-order valence-electron chi connectivity index (χ3n) is 10.9. The molecular weight excluding hydrogens is 693 g/mol. The number of aromatic nitrogens is 2. The number of carbonyl (C=O) groups is 3. The Bertz CT molecular complexity index is 1590. The lowest BCUT2D eigenvalue weighted by molar-refractivity contribution is -0.137. The number of rotatable bonds is 17. The molecule has 1 saturated heterocycles. The molecule has 52 heavy (non-hydrogen) atoms. The summed E-state index contributed by atoms with van der Waals surface area (Å²) in [5.41, 5.74) is 1.02. The van der Waals surface area contributed by atoms with Gasteiger partial charge in [-0.05, 0) is 69.1 Å². The molecule has 0 unspecified atom stereocenters. The zero-order valence-corrected chi connectivity index (χ0v) is 31.0. The second kappa shape index (κ2) is 17.6. The van der Waals surface area contributed by atoms with Crippen LogP contribution in [-0.4, -0.2) is 112 Å². The second-order valence-electron chi connectivity index (χ2n) is 15.2. The lowest BCUT2D eigenvalue weighted by Crippen LogP contribution is -2.57. The molecular formula is C37H54FN5O8S. The number of nitrogens with one attached hydrogen (secondary N) is 3. The van der Waals surface area contributed by atoms with Crippen LogP contribution in [0.1, 0.15) is 76.5 Å². The molecule has 3 amide bonds. The van der Waals surface area contributed by atoms with Gasteiger partial charge >= 0.3 is 0 Å². The Balaban J connectivity index is 1.39. The number of morpholine rings is 1. The topological polar surface area (TPSA) is 191 Å². The molecule has 13 nitrogen and oxygen atoms in total. The van der Waals surface area contributed by atoms with E-state index in [1.54, 1.807) is 0 Å². The minimum Gasteiger partial charge on any atom is -0.390 e. The van der Waals surface area contributed by atoms with Crippen molar-refractivity contribution in [2.45, 2.75) is 107 Å². The lowest BCUT2D eigenvalue weighted by Gasteiger charge is -2.35. The van der Waals surface area contributed by atoms with Gasteiger partial charge in [-0.1, -0.05) is 44.2 Å². The predicted molar refractivity (Wildman–Crippen MR) is 191 cm³/mol. The van der Waals surface area contributed by atoms with E-state index in [4.69, 9.17) is 4.74 Å². The van der Waals surface area contributed by atoms with E-state index >= 15 is 0 Å². The van der Waals surface area contributed by atoms with E-state index in [1.165, 1.54) is 55.5 Å². The summed E-state index contributed by atoms with van der Waals surface area (Å²) in [4.78, 5) is 50.3. The molecule has 5 rings (SSSR count). The Kier molecular flexibility index (Phi) is 13.5. The normalized spacial score (nSPS) is 20.4. The summed E-state index contributed by atoms with van der Waals surface area (Å²) in [6.07, 6.45) is 7.84. The number of imidazole rings is 1. The van der Waals surface area contributed by atoms with Gasteiger partial charge in [0.15, 0.2) is 9.84 Å². The van der Waals surface area contributed by atoms with Gasteiger partial charge in [-0.3, -0.25) is 14.4 Å². The van der Waals surface area contributed by atoms with Crippen molar-refractivity contribution in [2.24, 2.45) is 17.8 Å². The van der Waals surface area contributed by atoms with Gasteiger partial charge in [0.1, 0.15) is 22.7 Å². The zero-order valence-electron chi connectivity index (χ0n) is 30.1. The van der Waals surface area contributed by atoms with Crippen molar-refractivity contribution in [3.8, 4) is 0 Å². The summed E-state index contributed by atoms with van der Waals surface area (Å²) in [7, 11) is -4.29. The van der Waals surface area contributed by atoms with Crippen LogP contribution in [0.2, 0.25) is 0 Å². The number of aliphatic hydroxyl groups is 2. The van der Waals surface area contributed by atoms with Crippen LogP contribution in [0.4, 0.5) is 4.39 Å². The Labute approximate surface area is 305 Å². The number of benzene rings is 1. The average molecular weight is 748 g/mol. The van der Waals surface area contributed by atoms with Gasteiger partial charge < -0.3 is 35.5 Å². The standard InChI is InChI=1S/C37H54FN5O8S/c1-37(2,36(48)43-14-16-51-17-15-43)52(49,50)22-27(18-25-8-12-28(38)13-9-25)34(46)42-31(20-29-21-39-23-40-29)35(47)41-30(19-24-6-4-3-5-7-24)33(45)32(44)26-10-11-26/h8-9,12-13,21,23-24,26-27,30-33,44-45H,3-7,10-11,14-20,22H2,1-2H3,(H,39,40)(H,41,47)(H,42,46)/t27-,30+,31+,32+,33-/m1/s1. The van der Waals surface area contributed by atoms with Gasteiger partial charge in [0, 0.05) is 31.4 Å². The Morgan fingerprint density at radius 1 is 1.00 bits per heavy atom. The number of H-pyrrole nitrogens is 1. The maximum Gasteiger partial charge on any atom is 0.243 e. The highest BCUT2D eigenvalue weighted by Gasteiger charge is 2.46. The maximum absolute atomic E-state index is 14.2. The third-order valence-corrected chi connectivity index (χ3v) is 13.5. The highest BCUT2D eigenvalue weighted by atomic mass is 32.2. The number of nitrogens with zero attached hydrogens (tertiary/aromatic N) is 2. The summed E-state index contributed by atoms with van der Waals surface area (Å²) >= 11 is 0. The van der Waals surface area contributed by atoms with Gasteiger partial charge in [-0.15, -0.1) is 0 Å². The van der Waals surface area contributed by atoms with Crippen LogP contribution in [-0.2, 0) is 41.8 Å². The van der Waals surface area contributed by atoms with E-state index in [9.17, 15) is 37.4 Å². The highest BCUT2D eigenvalue weighted by molar-refractivity contribution is 7.93. The van der Waals surface area contributed by atoms with Crippen LogP contribution in [0.25, 0.3) is 0 Å². The number of halogens is 1. The van der Waals surface area contributed by atoms with Crippen LogP contribution in [0.5, 0.6) is 0 Å². The van der Waals surface area contributed by atoms with Gasteiger partial charge in [0.05, 0.1) is 43.4 Å². The molecule has 0 radical (unpaired) electrons. The van der Waals surface area contributed by atoms with E-state index in [0.717, 1.165) is 44.9 Å². The highest BCUT2D eigenvalue weighted by Crippen LogP contribution is 2.36. The number of hydrogen-bond acceptors (Lipinski definition) is 9. The molecule has 2 aliphatic carbocycles. The van der Waals surface area contributed by atoms with E-state index in [2.05, 4.69) is 20.6 Å². The first-order chi connectivity index (χ1) is 24.7. The quantitative estimate of drug-likeness (QED) is 0.161. The molecule has 1 aliphatic heterocycles. The Morgan fingerprint density at radius 2 is 1.67 bits per heavy atom. The van der Waals surface area contributed by atoms with Crippen molar-refractivity contribution in [2.75, 3.05) is 32.1 Å². The molecule has 5 N–H and O–H groups in total. The van der Waals surface area contributed by atoms with E-state index in [1.807, 2.05) is 0 Å². The van der Waals surface area contributed by atoms with Crippen LogP contribution in [0.3, 0.4) is 0 Å². The van der Waals surface area contributed by atoms with Crippen molar-refractivity contribution >= 4 is 27.6 Å². The van der Waals surface area contributed by atoms with Crippen molar-refractivity contribution in [3.05, 3.63) is 53.9 Å². The molecule has 5 atom stereocenters. The molecule has 1 aromatic carbocycles. The maximum atomic E-state index is 14.2. The largest absolute Gasteiger partial charge is 0.390 e. The number of hydrogen-bond donors (Lipinski definition) is 5. The smallest absolute Gasteiger partial charge is 0.243 e.